The minimum absolute atomic E-state index is 0.189. The molecule has 0 bridgehead atoms. The first-order valence-electron chi connectivity index (χ1n) is 6.66. The molecular weight excluding hydrogens is 208 g/mol. The smallest absolute Gasteiger partial charge is 0.0499 e. The number of rotatable bonds is 3. The number of benzene rings is 1. The summed E-state index contributed by atoms with van der Waals surface area (Å²) in [5, 5.41) is 0. The normalized spacial score (nSPS) is 20.5. The van der Waals surface area contributed by atoms with Crippen molar-refractivity contribution in [3.63, 3.8) is 0 Å². The monoisotopic (exact) mass is 232 g/mol. The number of hydrogen-bond acceptors (Lipinski definition) is 2. The molecule has 0 aliphatic carbocycles. The Balaban J connectivity index is 2.31. The van der Waals surface area contributed by atoms with Crippen molar-refractivity contribution in [1.82, 2.24) is 4.90 Å². The van der Waals surface area contributed by atoms with Gasteiger partial charge < -0.3 is 5.73 Å². The van der Waals surface area contributed by atoms with Gasteiger partial charge in [-0.3, -0.25) is 4.90 Å². The molecule has 1 aliphatic heterocycles. The van der Waals surface area contributed by atoms with Crippen LogP contribution in [0.5, 0.6) is 0 Å². The number of hydrogen-bond donors (Lipinski definition) is 1. The van der Waals surface area contributed by atoms with E-state index in [1.165, 1.54) is 42.6 Å². The second kappa shape index (κ2) is 5.19. The van der Waals surface area contributed by atoms with Gasteiger partial charge in [0.1, 0.15) is 0 Å². The maximum absolute atomic E-state index is 6.21. The molecule has 0 radical (unpaired) electrons. The van der Waals surface area contributed by atoms with Gasteiger partial charge in [-0.1, -0.05) is 23.8 Å². The van der Waals surface area contributed by atoms with Crippen molar-refractivity contribution < 1.29 is 0 Å². The first kappa shape index (κ1) is 12.6. The lowest BCUT2D eigenvalue weighted by atomic mass is 9.94. The fourth-order valence-corrected chi connectivity index (χ4v) is 2.99. The number of likely N-dealkylation sites (tertiary alicyclic amines) is 1. The lowest BCUT2D eigenvalue weighted by Crippen LogP contribution is -2.38. The predicted molar refractivity (Wildman–Crippen MR) is 73.1 cm³/mol. The lowest BCUT2D eigenvalue weighted by molar-refractivity contribution is 0.218. The molecule has 1 aliphatic rings. The fourth-order valence-electron chi connectivity index (χ4n) is 2.99. The first-order valence-corrected chi connectivity index (χ1v) is 6.66. The van der Waals surface area contributed by atoms with E-state index in [4.69, 9.17) is 5.73 Å². The van der Waals surface area contributed by atoms with Crippen LogP contribution in [0.15, 0.2) is 18.2 Å². The summed E-state index contributed by atoms with van der Waals surface area (Å²) in [7, 11) is 0. The van der Waals surface area contributed by atoms with E-state index in [9.17, 15) is 0 Å². The summed E-state index contributed by atoms with van der Waals surface area (Å²) in [4.78, 5) is 2.54. The molecule has 94 valence electrons. The van der Waals surface area contributed by atoms with Gasteiger partial charge in [0, 0.05) is 12.1 Å². The highest BCUT2D eigenvalue weighted by Crippen LogP contribution is 2.29. The molecular formula is C15H24N2. The third-order valence-corrected chi connectivity index (χ3v) is 3.78. The van der Waals surface area contributed by atoms with Crippen LogP contribution in [0.25, 0.3) is 0 Å². The number of nitrogens with zero attached hydrogens (tertiary/aromatic N) is 1. The van der Waals surface area contributed by atoms with E-state index >= 15 is 0 Å². The minimum Gasteiger partial charge on any atom is -0.326 e. The molecule has 1 fully saturated rings. The largest absolute Gasteiger partial charge is 0.326 e. The standard InChI is InChI=1S/C15H24N2/c1-11-6-7-14(12(2)10-11)15(13(3)16)17-8-4-5-9-17/h6-7,10,13,15H,4-5,8-9,16H2,1-3H3. The van der Waals surface area contributed by atoms with Gasteiger partial charge in [0.2, 0.25) is 0 Å². The van der Waals surface area contributed by atoms with Crippen molar-refractivity contribution in [2.24, 2.45) is 5.73 Å². The first-order chi connectivity index (χ1) is 8.09. The molecule has 2 unspecified atom stereocenters. The van der Waals surface area contributed by atoms with Crippen molar-refractivity contribution in [2.45, 2.75) is 45.7 Å². The summed E-state index contributed by atoms with van der Waals surface area (Å²) in [5.41, 5.74) is 10.3. The number of aryl methyl sites for hydroxylation is 2. The summed E-state index contributed by atoms with van der Waals surface area (Å²) in [6, 6.07) is 7.30. The van der Waals surface area contributed by atoms with Crippen LogP contribution in [0.3, 0.4) is 0 Å². The molecule has 17 heavy (non-hydrogen) atoms. The van der Waals surface area contributed by atoms with E-state index in [1.54, 1.807) is 0 Å². The highest BCUT2D eigenvalue weighted by molar-refractivity contribution is 5.33. The molecule has 0 spiro atoms. The zero-order valence-corrected chi connectivity index (χ0v) is 11.2. The van der Waals surface area contributed by atoms with Gasteiger partial charge in [0.05, 0.1) is 0 Å². The van der Waals surface area contributed by atoms with Gasteiger partial charge in [-0.15, -0.1) is 0 Å². The zero-order valence-electron chi connectivity index (χ0n) is 11.2. The Hall–Kier alpha value is -0.860. The van der Waals surface area contributed by atoms with E-state index in [2.05, 4.69) is 43.9 Å². The van der Waals surface area contributed by atoms with Crippen molar-refractivity contribution >= 4 is 0 Å². The molecule has 2 N–H and O–H groups in total. The summed E-state index contributed by atoms with van der Waals surface area (Å²) < 4.78 is 0. The average Bonchev–Trinajstić information content (AvgIpc) is 2.74. The Bertz CT molecular complexity index is 379. The van der Waals surface area contributed by atoms with Gasteiger partial charge in [0.15, 0.2) is 0 Å². The van der Waals surface area contributed by atoms with Crippen LogP contribution in [0.4, 0.5) is 0 Å². The Labute approximate surface area is 105 Å². The van der Waals surface area contributed by atoms with Crippen LogP contribution in [0.1, 0.15) is 42.5 Å². The van der Waals surface area contributed by atoms with E-state index in [0.29, 0.717) is 6.04 Å². The van der Waals surface area contributed by atoms with Crippen molar-refractivity contribution in [1.29, 1.82) is 0 Å². The Morgan fingerprint density at radius 3 is 2.35 bits per heavy atom. The van der Waals surface area contributed by atoms with Gasteiger partial charge >= 0.3 is 0 Å². The second-order valence-electron chi connectivity index (χ2n) is 5.41. The number of nitrogens with two attached hydrogens (primary N) is 1. The Morgan fingerprint density at radius 1 is 1.18 bits per heavy atom. The summed E-state index contributed by atoms with van der Waals surface area (Å²) in [6.45, 7) is 8.86. The predicted octanol–water partition coefficient (Wildman–Crippen LogP) is 2.79. The molecule has 1 aromatic carbocycles. The molecule has 2 rings (SSSR count). The highest BCUT2D eigenvalue weighted by atomic mass is 15.2. The third-order valence-electron chi connectivity index (χ3n) is 3.78. The third kappa shape index (κ3) is 2.70. The van der Waals surface area contributed by atoms with Crippen LogP contribution in [0.2, 0.25) is 0 Å². The molecule has 2 nitrogen and oxygen atoms in total. The molecule has 0 amide bonds. The Morgan fingerprint density at radius 2 is 1.82 bits per heavy atom. The summed E-state index contributed by atoms with van der Waals surface area (Å²) in [5.74, 6) is 0. The minimum atomic E-state index is 0.189. The van der Waals surface area contributed by atoms with E-state index in [1.807, 2.05) is 0 Å². The van der Waals surface area contributed by atoms with Crippen molar-refractivity contribution in [3.8, 4) is 0 Å². The summed E-state index contributed by atoms with van der Waals surface area (Å²) in [6.07, 6.45) is 2.63. The van der Waals surface area contributed by atoms with Crippen LogP contribution in [-0.2, 0) is 0 Å². The van der Waals surface area contributed by atoms with Crippen molar-refractivity contribution in [3.05, 3.63) is 34.9 Å². The lowest BCUT2D eigenvalue weighted by Gasteiger charge is -2.32. The van der Waals surface area contributed by atoms with Gasteiger partial charge in [-0.2, -0.15) is 0 Å². The average molecular weight is 232 g/mol. The van der Waals surface area contributed by atoms with E-state index < -0.39 is 0 Å². The van der Waals surface area contributed by atoms with E-state index in [0.717, 1.165) is 0 Å². The topological polar surface area (TPSA) is 29.3 Å². The van der Waals surface area contributed by atoms with Crippen LogP contribution < -0.4 is 5.73 Å². The SMILES string of the molecule is Cc1ccc(C(C(C)N)N2CCCC2)c(C)c1. The summed E-state index contributed by atoms with van der Waals surface area (Å²) >= 11 is 0. The van der Waals surface area contributed by atoms with Crippen LogP contribution in [0, 0.1) is 13.8 Å². The molecule has 2 atom stereocenters. The molecule has 2 heteroatoms. The molecule has 0 aromatic heterocycles. The maximum atomic E-state index is 6.21. The van der Waals surface area contributed by atoms with Crippen LogP contribution in [-0.4, -0.2) is 24.0 Å². The maximum Gasteiger partial charge on any atom is 0.0499 e. The highest BCUT2D eigenvalue weighted by Gasteiger charge is 2.27. The quantitative estimate of drug-likeness (QED) is 0.868. The van der Waals surface area contributed by atoms with Crippen LogP contribution >= 0.6 is 0 Å². The molecule has 1 saturated heterocycles. The molecule has 1 heterocycles. The van der Waals surface area contributed by atoms with Gasteiger partial charge in [-0.05, 0) is 57.8 Å². The molecule has 0 saturated carbocycles. The second-order valence-corrected chi connectivity index (χ2v) is 5.41. The zero-order chi connectivity index (χ0) is 12.4. The van der Waals surface area contributed by atoms with E-state index in [-0.39, 0.29) is 6.04 Å². The van der Waals surface area contributed by atoms with Gasteiger partial charge in [-0.25, -0.2) is 0 Å². The van der Waals surface area contributed by atoms with Crippen molar-refractivity contribution in [2.75, 3.05) is 13.1 Å². The fraction of sp³-hybridized carbons (Fsp3) is 0.600. The van der Waals surface area contributed by atoms with Gasteiger partial charge in [0.25, 0.3) is 0 Å². The Kier molecular flexibility index (Phi) is 3.85. The molecule has 1 aromatic rings.